The summed E-state index contributed by atoms with van der Waals surface area (Å²) in [5, 5.41) is 19.1. The molecule has 4 fully saturated rings. The number of ether oxygens (including phenoxy) is 1. The summed E-state index contributed by atoms with van der Waals surface area (Å²) in [6.07, 6.45) is 9.97. The molecule has 4 rings (SSSR count). The van der Waals surface area contributed by atoms with Crippen LogP contribution in [0, 0.1) is 22.7 Å². The van der Waals surface area contributed by atoms with Gasteiger partial charge in [-0.25, -0.2) is 0 Å². The van der Waals surface area contributed by atoms with Gasteiger partial charge in [0.25, 0.3) is 0 Å². The zero-order valence-electron chi connectivity index (χ0n) is 11.7. The second-order valence-electron chi connectivity index (χ2n) is 6.75. The summed E-state index contributed by atoms with van der Waals surface area (Å²) in [7, 11) is 0. The summed E-state index contributed by atoms with van der Waals surface area (Å²) < 4.78 is 4.36. The SMILES string of the molecule is C=COC=C.OCC12CC3CC(C1)CC(CO)(C3)C2. The maximum Gasteiger partial charge on any atom is 0.0829 e. The van der Waals surface area contributed by atoms with Crippen LogP contribution in [0.2, 0.25) is 0 Å². The smallest absolute Gasteiger partial charge is 0.0829 e. The average molecular weight is 266 g/mol. The van der Waals surface area contributed by atoms with Gasteiger partial charge in [0.05, 0.1) is 12.5 Å². The van der Waals surface area contributed by atoms with Crippen molar-refractivity contribution in [3.63, 3.8) is 0 Å². The van der Waals surface area contributed by atoms with Crippen LogP contribution in [0.15, 0.2) is 25.7 Å². The van der Waals surface area contributed by atoms with E-state index in [9.17, 15) is 10.2 Å². The fourth-order valence-electron chi connectivity index (χ4n) is 5.09. The topological polar surface area (TPSA) is 49.7 Å². The Balaban J connectivity index is 0.000000232. The quantitative estimate of drug-likeness (QED) is 0.769. The molecule has 4 bridgehead atoms. The molecule has 2 N–H and O–H groups in total. The molecule has 0 atom stereocenters. The first-order valence-corrected chi connectivity index (χ1v) is 7.20. The van der Waals surface area contributed by atoms with Crippen molar-refractivity contribution < 1.29 is 14.9 Å². The van der Waals surface area contributed by atoms with Crippen molar-refractivity contribution in [3.05, 3.63) is 25.7 Å². The molecule has 0 aromatic heterocycles. The molecule has 0 heterocycles. The summed E-state index contributed by atoms with van der Waals surface area (Å²) in [4.78, 5) is 0. The minimum atomic E-state index is 0.201. The van der Waals surface area contributed by atoms with Gasteiger partial charge >= 0.3 is 0 Å². The van der Waals surface area contributed by atoms with E-state index in [2.05, 4.69) is 17.9 Å². The van der Waals surface area contributed by atoms with Crippen LogP contribution in [0.1, 0.15) is 38.5 Å². The van der Waals surface area contributed by atoms with Gasteiger partial charge < -0.3 is 14.9 Å². The number of aliphatic hydroxyl groups excluding tert-OH is 2. The number of hydrogen-bond acceptors (Lipinski definition) is 3. The zero-order chi connectivity index (χ0) is 13.9. The molecule has 0 aliphatic heterocycles. The van der Waals surface area contributed by atoms with Crippen molar-refractivity contribution in [2.45, 2.75) is 38.5 Å². The third-order valence-electron chi connectivity index (χ3n) is 5.17. The third-order valence-corrected chi connectivity index (χ3v) is 5.17. The van der Waals surface area contributed by atoms with Crippen LogP contribution >= 0.6 is 0 Å². The maximum atomic E-state index is 9.56. The molecule has 0 unspecified atom stereocenters. The van der Waals surface area contributed by atoms with Gasteiger partial charge in [-0.2, -0.15) is 0 Å². The lowest BCUT2D eigenvalue weighted by atomic mass is 9.44. The van der Waals surface area contributed by atoms with Crippen LogP contribution in [0.3, 0.4) is 0 Å². The molecule has 0 aromatic rings. The Hall–Kier alpha value is -0.800. The highest BCUT2D eigenvalue weighted by Crippen LogP contribution is 2.64. The largest absolute Gasteiger partial charge is 0.474 e. The van der Waals surface area contributed by atoms with Gasteiger partial charge in [0.1, 0.15) is 0 Å². The lowest BCUT2D eigenvalue weighted by molar-refractivity contribution is -0.144. The normalized spacial score (nSPS) is 42.2. The molecular formula is C16H26O3. The minimum Gasteiger partial charge on any atom is -0.474 e. The molecule has 0 radical (unpaired) electrons. The number of aliphatic hydroxyl groups is 2. The van der Waals surface area contributed by atoms with E-state index in [1.807, 2.05) is 0 Å². The molecular weight excluding hydrogens is 240 g/mol. The van der Waals surface area contributed by atoms with E-state index in [0.29, 0.717) is 13.2 Å². The van der Waals surface area contributed by atoms with E-state index >= 15 is 0 Å². The van der Waals surface area contributed by atoms with E-state index in [1.54, 1.807) is 0 Å². The fourth-order valence-corrected chi connectivity index (χ4v) is 5.09. The van der Waals surface area contributed by atoms with Gasteiger partial charge in [-0.1, -0.05) is 13.2 Å². The van der Waals surface area contributed by atoms with Gasteiger partial charge in [0.2, 0.25) is 0 Å². The minimum absolute atomic E-state index is 0.201. The monoisotopic (exact) mass is 266 g/mol. The first kappa shape index (κ1) is 14.6. The van der Waals surface area contributed by atoms with Crippen LogP contribution in [0.5, 0.6) is 0 Å². The van der Waals surface area contributed by atoms with Crippen molar-refractivity contribution in [1.82, 2.24) is 0 Å². The predicted octanol–water partition coefficient (Wildman–Crippen LogP) is 2.85. The van der Waals surface area contributed by atoms with Crippen molar-refractivity contribution in [2.24, 2.45) is 22.7 Å². The number of hydrogen-bond donors (Lipinski definition) is 2. The lowest BCUT2D eigenvalue weighted by Crippen LogP contribution is -2.54. The highest BCUT2D eigenvalue weighted by Gasteiger charge is 2.56. The average Bonchev–Trinajstić information content (AvgIpc) is 2.39. The molecule has 108 valence electrons. The van der Waals surface area contributed by atoms with Crippen molar-refractivity contribution in [3.8, 4) is 0 Å². The van der Waals surface area contributed by atoms with Crippen molar-refractivity contribution >= 4 is 0 Å². The van der Waals surface area contributed by atoms with Crippen LogP contribution in [-0.2, 0) is 4.74 Å². The predicted molar refractivity (Wildman–Crippen MR) is 75.2 cm³/mol. The second kappa shape index (κ2) is 5.68. The van der Waals surface area contributed by atoms with E-state index in [1.165, 1.54) is 44.6 Å². The molecule has 3 heteroatoms. The summed E-state index contributed by atoms with van der Waals surface area (Å²) in [5.41, 5.74) is 0.402. The zero-order valence-corrected chi connectivity index (χ0v) is 11.7. The van der Waals surface area contributed by atoms with Gasteiger partial charge in [0.15, 0.2) is 0 Å². The van der Waals surface area contributed by atoms with Gasteiger partial charge in [-0.15, -0.1) is 0 Å². The third kappa shape index (κ3) is 2.87. The molecule has 4 aliphatic carbocycles. The van der Waals surface area contributed by atoms with Gasteiger partial charge in [0, 0.05) is 13.2 Å². The molecule has 0 amide bonds. The first-order chi connectivity index (χ1) is 9.11. The van der Waals surface area contributed by atoms with E-state index < -0.39 is 0 Å². The lowest BCUT2D eigenvalue weighted by Gasteiger charge is -2.61. The fraction of sp³-hybridized carbons (Fsp3) is 0.750. The first-order valence-electron chi connectivity index (χ1n) is 7.20. The molecule has 0 spiro atoms. The number of rotatable bonds is 4. The maximum absolute atomic E-state index is 9.56. The van der Waals surface area contributed by atoms with E-state index in [4.69, 9.17) is 0 Å². The Morgan fingerprint density at radius 1 is 0.947 bits per heavy atom. The van der Waals surface area contributed by atoms with Crippen molar-refractivity contribution in [2.75, 3.05) is 13.2 Å². The van der Waals surface area contributed by atoms with E-state index in [0.717, 1.165) is 18.3 Å². The van der Waals surface area contributed by atoms with E-state index in [-0.39, 0.29) is 10.8 Å². The summed E-state index contributed by atoms with van der Waals surface area (Å²) >= 11 is 0. The van der Waals surface area contributed by atoms with Gasteiger partial charge in [-0.05, 0) is 61.2 Å². The Morgan fingerprint density at radius 2 is 1.37 bits per heavy atom. The van der Waals surface area contributed by atoms with Crippen LogP contribution < -0.4 is 0 Å². The Morgan fingerprint density at radius 3 is 1.63 bits per heavy atom. The molecule has 4 saturated carbocycles. The molecule has 4 aliphatic rings. The summed E-state index contributed by atoms with van der Waals surface area (Å²) in [6, 6.07) is 0. The standard InChI is InChI=1S/C12H20O2.C4H6O/c13-7-11-2-9-1-10(4-11)5-12(3-9,6-11)8-14;1-3-5-4-2/h9-10,13-14H,1-8H2;3-4H,1-2H2. The summed E-state index contributed by atoms with van der Waals surface area (Å²) in [6.45, 7) is 7.21. The Bertz CT molecular complexity index is 295. The highest BCUT2D eigenvalue weighted by atomic mass is 16.5. The van der Waals surface area contributed by atoms with Gasteiger partial charge in [-0.3, -0.25) is 0 Å². The molecule has 0 aromatic carbocycles. The molecule has 19 heavy (non-hydrogen) atoms. The second-order valence-corrected chi connectivity index (χ2v) is 6.75. The van der Waals surface area contributed by atoms with Crippen molar-refractivity contribution in [1.29, 1.82) is 0 Å². The summed E-state index contributed by atoms with van der Waals surface area (Å²) in [5.74, 6) is 1.60. The van der Waals surface area contributed by atoms with Crippen LogP contribution in [-0.4, -0.2) is 23.4 Å². The molecule has 3 nitrogen and oxygen atoms in total. The molecule has 0 saturated heterocycles. The van der Waals surface area contributed by atoms with Crippen LogP contribution in [0.25, 0.3) is 0 Å². The highest BCUT2D eigenvalue weighted by molar-refractivity contribution is 5.07. The van der Waals surface area contributed by atoms with Crippen LogP contribution in [0.4, 0.5) is 0 Å². The Kier molecular flexibility index (Phi) is 4.36. The Labute approximate surface area is 116 Å².